The third kappa shape index (κ3) is 4.11. The van der Waals surface area contributed by atoms with Crippen molar-refractivity contribution in [2.75, 3.05) is 13.2 Å². The molecule has 2 heterocycles. The van der Waals surface area contributed by atoms with Gasteiger partial charge in [-0.3, -0.25) is 4.79 Å². The second-order valence-corrected chi connectivity index (χ2v) is 3.17. The molecule has 1 unspecified atom stereocenters. The van der Waals surface area contributed by atoms with E-state index in [2.05, 4.69) is 14.2 Å². The summed E-state index contributed by atoms with van der Waals surface area (Å²) in [6, 6.07) is 0. The summed E-state index contributed by atoms with van der Waals surface area (Å²) < 4.78 is 13.5. The van der Waals surface area contributed by atoms with E-state index in [-0.39, 0.29) is 12.1 Å². The van der Waals surface area contributed by atoms with Crippen molar-refractivity contribution in [3.05, 3.63) is 0 Å². The normalized spacial score (nSPS) is 25.4. The van der Waals surface area contributed by atoms with Gasteiger partial charge in [0.25, 0.3) is 0 Å². The third-order valence-corrected chi connectivity index (χ3v) is 1.77. The molecule has 0 amide bonds. The van der Waals surface area contributed by atoms with Crippen LogP contribution in [0, 0.1) is 0 Å². The van der Waals surface area contributed by atoms with E-state index in [9.17, 15) is 9.59 Å². The van der Waals surface area contributed by atoms with Crippen LogP contribution in [0.5, 0.6) is 0 Å². The summed E-state index contributed by atoms with van der Waals surface area (Å²) in [5.74, 6) is -0.0359. The molecular formula is C9H14O5. The molecule has 14 heavy (non-hydrogen) atoms. The van der Waals surface area contributed by atoms with Gasteiger partial charge in [-0.25, -0.2) is 4.79 Å². The average Bonchev–Trinajstić information content (AvgIpc) is 2.52. The van der Waals surface area contributed by atoms with Gasteiger partial charge in [0.2, 0.25) is 0 Å². The van der Waals surface area contributed by atoms with E-state index >= 15 is 0 Å². The maximum Gasteiger partial charge on any atom is 0.508 e. The van der Waals surface area contributed by atoms with Crippen molar-refractivity contribution in [3.8, 4) is 0 Å². The molecule has 2 aliphatic rings. The lowest BCUT2D eigenvalue weighted by atomic mass is 10.2. The van der Waals surface area contributed by atoms with Crippen LogP contribution >= 0.6 is 0 Å². The maximum atomic E-state index is 10.2. The second kappa shape index (κ2) is 5.47. The Morgan fingerprint density at radius 2 is 2.00 bits per heavy atom. The highest BCUT2D eigenvalue weighted by molar-refractivity contribution is 5.69. The first-order valence-corrected chi connectivity index (χ1v) is 4.67. The second-order valence-electron chi connectivity index (χ2n) is 3.17. The van der Waals surface area contributed by atoms with E-state index in [4.69, 9.17) is 0 Å². The topological polar surface area (TPSA) is 61.8 Å². The van der Waals surface area contributed by atoms with Crippen molar-refractivity contribution < 1.29 is 23.8 Å². The summed E-state index contributed by atoms with van der Waals surface area (Å²) >= 11 is 0. The van der Waals surface area contributed by atoms with Gasteiger partial charge in [-0.15, -0.1) is 0 Å². The van der Waals surface area contributed by atoms with E-state index in [1.165, 1.54) is 0 Å². The predicted molar refractivity (Wildman–Crippen MR) is 46.7 cm³/mol. The third-order valence-electron chi connectivity index (χ3n) is 1.77. The Hall–Kier alpha value is -1.26. The van der Waals surface area contributed by atoms with E-state index in [0.717, 1.165) is 12.8 Å². The predicted octanol–water partition coefficient (Wildman–Crippen LogP) is 1.26. The zero-order chi connectivity index (χ0) is 10.4. The number of rotatable bonds is 0. The SMILES string of the molecule is CC1COC(=O)O1.O=C1CCCCO1. The van der Waals surface area contributed by atoms with Gasteiger partial charge in [0, 0.05) is 6.42 Å². The Bertz CT molecular complexity index is 198. The zero-order valence-corrected chi connectivity index (χ0v) is 8.15. The first-order valence-electron chi connectivity index (χ1n) is 4.67. The summed E-state index contributed by atoms with van der Waals surface area (Å²) in [7, 11) is 0. The molecular weight excluding hydrogens is 188 g/mol. The molecule has 0 N–H and O–H groups in total. The molecule has 0 spiro atoms. The van der Waals surface area contributed by atoms with Crippen LogP contribution in [-0.2, 0) is 19.0 Å². The molecule has 0 aromatic rings. The van der Waals surface area contributed by atoms with Crippen molar-refractivity contribution >= 4 is 12.1 Å². The van der Waals surface area contributed by atoms with Crippen LogP contribution in [0.25, 0.3) is 0 Å². The number of hydrogen-bond donors (Lipinski definition) is 0. The summed E-state index contributed by atoms with van der Waals surface area (Å²) in [4.78, 5) is 20.2. The Kier molecular flexibility index (Phi) is 4.22. The van der Waals surface area contributed by atoms with Crippen LogP contribution in [0.4, 0.5) is 4.79 Å². The summed E-state index contributed by atoms with van der Waals surface area (Å²) in [6.45, 7) is 2.82. The highest BCUT2D eigenvalue weighted by Gasteiger charge is 2.19. The van der Waals surface area contributed by atoms with E-state index in [0.29, 0.717) is 19.6 Å². The van der Waals surface area contributed by atoms with Gasteiger partial charge < -0.3 is 14.2 Å². The average molecular weight is 202 g/mol. The number of ether oxygens (including phenoxy) is 3. The molecule has 0 radical (unpaired) electrons. The fraction of sp³-hybridized carbons (Fsp3) is 0.778. The first kappa shape index (κ1) is 10.8. The summed E-state index contributed by atoms with van der Waals surface area (Å²) in [5, 5.41) is 0. The van der Waals surface area contributed by atoms with Crippen molar-refractivity contribution in [2.45, 2.75) is 32.3 Å². The lowest BCUT2D eigenvalue weighted by Crippen LogP contribution is -2.10. The molecule has 0 aromatic heterocycles. The molecule has 5 nitrogen and oxygen atoms in total. The molecule has 2 fully saturated rings. The quantitative estimate of drug-likeness (QED) is 0.553. The molecule has 2 aliphatic heterocycles. The van der Waals surface area contributed by atoms with Crippen LogP contribution in [-0.4, -0.2) is 31.4 Å². The van der Waals surface area contributed by atoms with Crippen LogP contribution in [0.15, 0.2) is 0 Å². The van der Waals surface area contributed by atoms with E-state index < -0.39 is 6.16 Å². The fourth-order valence-corrected chi connectivity index (χ4v) is 1.05. The largest absolute Gasteiger partial charge is 0.508 e. The molecule has 0 bridgehead atoms. The fourth-order valence-electron chi connectivity index (χ4n) is 1.05. The van der Waals surface area contributed by atoms with Crippen LogP contribution in [0.2, 0.25) is 0 Å². The smallest absolute Gasteiger partial charge is 0.466 e. The monoisotopic (exact) mass is 202 g/mol. The number of carbonyl (C=O) groups is 2. The Labute approximate surface area is 82.3 Å². The minimum Gasteiger partial charge on any atom is -0.466 e. The van der Waals surface area contributed by atoms with Gasteiger partial charge in [-0.1, -0.05) is 0 Å². The van der Waals surface area contributed by atoms with Crippen LogP contribution < -0.4 is 0 Å². The molecule has 0 saturated carbocycles. The molecule has 5 heteroatoms. The summed E-state index contributed by atoms with van der Waals surface area (Å²) in [5.41, 5.74) is 0. The lowest BCUT2D eigenvalue weighted by Gasteiger charge is -2.08. The number of esters is 1. The molecule has 0 aliphatic carbocycles. The Balaban J connectivity index is 0.000000140. The zero-order valence-electron chi connectivity index (χ0n) is 8.15. The van der Waals surface area contributed by atoms with Crippen molar-refractivity contribution in [2.24, 2.45) is 0 Å². The summed E-state index contributed by atoms with van der Waals surface area (Å²) in [6.07, 6.45) is 2.09. The first-order chi connectivity index (χ1) is 6.68. The van der Waals surface area contributed by atoms with Crippen molar-refractivity contribution in [3.63, 3.8) is 0 Å². The Morgan fingerprint density at radius 3 is 2.21 bits per heavy atom. The van der Waals surface area contributed by atoms with Gasteiger partial charge in [0.05, 0.1) is 6.61 Å². The highest BCUT2D eigenvalue weighted by atomic mass is 16.8. The lowest BCUT2D eigenvalue weighted by molar-refractivity contribution is -0.146. The van der Waals surface area contributed by atoms with Gasteiger partial charge >= 0.3 is 12.1 Å². The number of hydrogen-bond acceptors (Lipinski definition) is 5. The highest BCUT2D eigenvalue weighted by Crippen LogP contribution is 2.04. The van der Waals surface area contributed by atoms with Gasteiger partial charge in [0.15, 0.2) is 0 Å². The molecule has 2 rings (SSSR count). The minimum atomic E-state index is -0.549. The van der Waals surface area contributed by atoms with Crippen molar-refractivity contribution in [1.29, 1.82) is 0 Å². The van der Waals surface area contributed by atoms with Gasteiger partial charge in [-0.2, -0.15) is 0 Å². The Morgan fingerprint density at radius 1 is 1.21 bits per heavy atom. The molecule has 0 aromatic carbocycles. The van der Waals surface area contributed by atoms with Crippen LogP contribution in [0.1, 0.15) is 26.2 Å². The standard InChI is InChI=1S/C5H8O2.C4H6O3/c6-5-3-1-2-4-7-5;1-3-2-6-4(5)7-3/h1-4H2;3H,2H2,1H3. The van der Waals surface area contributed by atoms with Gasteiger partial charge in [-0.05, 0) is 19.8 Å². The van der Waals surface area contributed by atoms with Crippen molar-refractivity contribution in [1.82, 2.24) is 0 Å². The minimum absolute atomic E-state index is 0.0359. The molecule has 2 saturated heterocycles. The van der Waals surface area contributed by atoms with E-state index in [1.807, 2.05) is 0 Å². The number of carbonyl (C=O) groups excluding carboxylic acids is 2. The number of cyclic esters (lactones) is 3. The van der Waals surface area contributed by atoms with Crippen LogP contribution in [0.3, 0.4) is 0 Å². The maximum absolute atomic E-state index is 10.2. The van der Waals surface area contributed by atoms with Gasteiger partial charge in [0.1, 0.15) is 12.7 Å². The molecule has 1 atom stereocenters. The molecule has 80 valence electrons. The van der Waals surface area contributed by atoms with E-state index in [1.54, 1.807) is 6.92 Å².